The molecule has 2 heterocycles. The largest absolute Gasteiger partial charge is 0.381 e. The third-order valence-corrected chi connectivity index (χ3v) is 4.91. The molecule has 2 atom stereocenters. The number of hydrogen-bond acceptors (Lipinski definition) is 3. The zero-order chi connectivity index (χ0) is 13.8. The average Bonchev–Trinajstić information content (AvgIpc) is 2.97. The fourth-order valence-electron chi connectivity index (χ4n) is 3.64. The summed E-state index contributed by atoms with van der Waals surface area (Å²) in [7, 11) is 0. The average molecular weight is 278 g/mol. The molecule has 1 N–H and O–H groups in total. The van der Waals surface area contributed by atoms with Crippen LogP contribution in [0.1, 0.15) is 38.5 Å². The molecule has 2 fully saturated rings. The van der Waals surface area contributed by atoms with Crippen molar-refractivity contribution >= 4 is 5.91 Å². The number of carbonyl (C=O) groups excluding carboxylic acids is 1. The van der Waals surface area contributed by atoms with Crippen molar-refractivity contribution in [2.75, 3.05) is 26.3 Å². The van der Waals surface area contributed by atoms with E-state index in [-0.39, 0.29) is 11.8 Å². The molecule has 0 aromatic carbocycles. The Morgan fingerprint density at radius 2 is 2.00 bits per heavy atom. The normalized spacial score (nSPS) is 32.4. The van der Waals surface area contributed by atoms with Gasteiger partial charge in [0.05, 0.1) is 0 Å². The van der Waals surface area contributed by atoms with Gasteiger partial charge in [0, 0.05) is 44.3 Å². The van der Waals surface area contributed by atoms with Crippen molar-refractivity contribution in [3.05, 3.63) is 12.2 Å². The van der Waals surface area contributed by atoms with Gasteiger partial charge < -0.3 is 10.1 Å². The molecule has 0 saturated carbocycles. The number of hydrogen-bond donors (Lipinski definition) is 1. The van der Waals surface area contributed by atoms with Gasteiger partial charge in [0.15, 0.2) is 0 Å². The maximum absolute atomic E-state index is 12.3. The minimum absolute atomic E-state index is 0.206. The van der Waals surface area contributed by atoms with Crippen LogP contribution in [0.15, 0.2) is 12.2 Å². The lowest BCUT2D eigenvalue weighted by atomic mass is 9.93. The highest BCUT2D eigenvalue weighted by molar-refractivity contribution is 5.79. The van der Waals surface area contributed by atoms with Crippen LogP contribution in [0.4, 0.5) is 0 Å². The van der Waals surface area contributed by atoms with Gasteiger partial charge in [0.2, 0.25) is 5.91 Å². The van der Waals surface area contributed by atoms with Gasteiger partial charge in [0.25, 0.3) is 0 Å². The van der Waals surface area contributed by atoms with Crippen LogP contribution >= 0.6 is 0 Å². The Bertz CT molecular complexity index is 363. The number of nitrogens with one attached hydrogen (secondary N) is 1. The zero-order valence-electron chi connectivity index (χ0n) is 12.2. The Balaban J connectivity index is 1.45. The van der Waals surface area contributed by atoms with Crippen molar-refractivity contribution in [1.82, 2.24) is 10.2 Å². The number of carbonyl (C=O) groups is 1. The minimum atomic E-state index is 0.206. The molecule has 20 heavy (non-hydrogen) atoms. The molecule has 1 aliphatic carbocycles. The molecule has 0 radical (unpaired) electrons. The molecule has 0 bridgehead atoms. The van der Waals surface area contributed by atoms with Gasteiger partial charge in [-0.1, -0.05) is 12.2 Å². The van der Waals surface area contributed by atoms with Gasteiger partial charge in [-0.25, -0.2) is 0 Å². The maximum atomic E-state index is 12.3. The van der Waals surface area contributed by atoms with Crippen LogP contribution in [0.5, 0.6) is 0 Å². The predicted molar refractivity (Wildman–Crippen MR) is 78.4 cm³/mol. The number of likely N-dealkylation sites (tertiary alicyclic amines) is 1. The van der Waals surface area contributed by atoms with Gasteiger partial charge in [-0.3, -0.25) is 9.69 Å². The first-order chi connectivity index (χ1) is 9.83. The van der Waals surface area contributed by atoms with Crippen LogP contribution in [-0.2, 0) is 9.53 Å². The van der Waals surface area contributed by atoms with E-state index in [0.717, 1.165) is 64.8 Å². The van der Waals surface area contributed by atoms with E-state index in [2.05, 4.69) is 22.4 Å². The van der Waals surface area contributed by atoms with Crippen LogP contribution in [-0.4, -0.2) is 49.2 Å². The first-order valence-electron chi connectivity index (χ1n) is 8.10. The van der Waals surface area contributed by atoms with E-state index in [0.29, 0.717) is 12.1 Å². The highest BCUT2D eigenvalue weighted by atomic mass is 16.5. The molecule has 112 valence electrons. The van der Waals surface area contributed by atoms with Gasteiger partial charge >= 0.3 is 0 Å². The molecule has 3 aliphatic rings. The minimum Gasteiger partial charge on any atom is -0.381 e. The summed E-state index contributed by atoms with van der Waals surface area (Å²) in [4.78, 5) is 14.8. The summed E-state index contributed by atoms with van der Waals surface area (Å²) >= 11 is 0. The SMILES string of the molecule is O=C(NC1CCN(C2CCOCC2)C1)C1CC=CCC1. The summed E-state index contributed by atoms with van der Waals surface area (Å²) in [5.41, 5.74) is 0. The Morgan fingerprint density at radius 3 is 2.75 bits per heavy atom. The highest BCUT2D eigenvalue weighted by Gasteiger charge is 2.31. The number of allylic oxidation sites excluding steroid dienone is 2. The Hall–Kier alpha value is -0.870. The van der Waals surface area contributed by atoms with E-state index in [9.17, 15) is 4.79 Å². The third kappa shape index (κ3) is 3.41. The van der Waals surface area contributed by atoms with Gasteiger partial charge in [-0.05, 0) is 38.5 Å². The summed E-state index contributed by atoms with van der Waals surface area (Å²) in [6, 6.07) is 1.03. The number of nitrogens with zero attached hydrogens (tertiary/aromatic N) is 1. The molecule has 1 amide bonds. The topological polar surface area (TPSA) is 41.6 Å². The molecule has 0 spiro atoms. The third-order valence-electron chi connectivity index (χ3n) is 4.91. The first kappa shape index (κ1) is 14.1. The first-order valence-corrected chi connectivity index (χ1v) is 8.10. The molecule has 4 nitrogen and oxygen atoms in total. The second kappa shape index (κ2) is 6.72. The van der Waals surface area contributed by atoms with Gasteiger partial charge in [0.1, 0.15) is 0 Å². The van der Waals surface area contributed by atoms with Crippen LogP contribution in [0.2, 0.25) is 0 Å². The highest BCUT2D eigenvalue weighted by Crippen LogP contribution is 2.22. The van der Waals surface area contributed by atoms with Gasteiger partial charge in [-0.15, -0.1) is 0 Å². The number of amides is 1. The van der Waals surface area contributed by atoms with Crippen molar-refractivity contribution in [1.29, 1.82) is 0 Å². The summed E-state index contributed by atoms with van der Waals surface area (Å²) in [5, 5.41) is 3.27. The predicted octanol–water partition coefficient (Wildman–Crippen LogP) is 1.71. The van der Waals surface area contributed by atoms with Crippen molar-refractivity contribution in [3.8, 4) is 0 Å². The van der Waals surface area contributed by atoms with Crippen molar-refractivity contribution in [3.63, 3.8) is 0 Å². The number of ether oxygens (including phenoxy) is 1. The molecule has 2 aliphatic heterocycles. The Labute approximate surface area is 121 Å². The summed E-state index contributed by atoms with van der Waals surface area (Å²) < 4.78 is 5.43. The molecule has 2 unspecified atom stereocenters. The second-order valence-corrected chi connectivity index (χ2v) is 6.31. The van der Waals surface area contributed by atoms with E-state index >= 15 is 0 Å². The summed E-state index contributed by atoms with van der Waals surface area (Å²) in [6.07, 6.45) is 10.7. The molecule has 4 heteroatoms. The quantitative estimate of drug-likeness (QED) is 0.799. The molecular formula is C16H26N2O2. The summed E-state index contributed by atoms with van der Waals surface area (Å²) in [6.45, 7) is 3.94. The van der Waals surface area contributed by atoms with Crippen molar-refractivity contribution in [2.24, 2.45) is 5.92 Å². The van der Waals surface area contributed by atoms with Crippen LogP contribution < -0.4 is 5.32 Å². The zero-order valence-corrected chi connectivity index (χ0v) is 12.2. The standard InChI is InChI=1S/C16H26N2O2/c19-16(13-4-2-1-3-5-13)17-14-6-9-18(12-14)15-7-10-20-11-8-15/h1-2,13-15H,3-12H2,(H,17,19). The van der Waals surface area contributed by atoms with E-state index < -0.39 is 0 Å². The molecular weight excluding hydrogens is 252 g/mol. The lowest BCUT2D eigenvalue weighted by Gasteiger charge is -2.31. The van der Waals surface area contributed by atoms with E-state index in [1.54, 1.807) is 0 Å². The molecule has 0 aromatic heterocycles. The van der Waals surface area contributed by atoms with Crippen LogP contribution in [0.3, 0.4) is 0 Å². The smallest absolute Gasteiger partial charge is 0.223 e. The van der Waals surface area contributed by atoms with E-state index in [1.165, 1.54) is 0 Å². The maximum Gasteiger partial charge on any atom is 0.223 e. The fraction of sp³-hybridized carbons (Fsp3) is 0.812. The summed E-state index contributed by atoms with van der Waals surface area (Å²) in [5.74, 6) is 0.477. The molecule has 3 rings (SSSR count). The van der Waals surface area contributed by atoms with E-state index in [4.69, 9.17) is 4.74 Å². The van der Waals surface area contributed by atoms with E-state index in [1.807, 2.05) is 0 Å². The fourth-order valence-corrected chi connectivity index (χ4v) is 3.64. The van der Waals surface area contributed by atoms with Crippen LogP contribution in [0.25, 0.3) is 0 Å². The molecule has 2 saturated heterocycles. The lowest BCUT2D eigenvalue weighted by Crippen LogP contribution is -2.43. The molecule has 0 aromatic rings. The van der Waals surface area contributed by atoms with Crippen LogP contribution in [0, 0.1) is 5.92 Å². The lowest BCUT2D eigenvalue weighted by molar-refractivity contribution is -0.125. The monoisotopic (exact) mass is 278 g/mol. The second-order valence-electron chi connectivity index (χ2n) is 6.31. The van der Waals surface area contributed by atoms with Crippen molar-refractivity contribution in [2.45, 2.75) is 50.6 Å². The Morgan fingerprint density at radius 1 is 1.15 bits per heavy atom. The number of rotatable bonds is 3. The Kier molecular flexibility index (Phi) is 4.73. The van der Waals surface area contributed by atoms with Gasteiger partial charge in [-0.2, -0.15) is 0 Å². The van der Waals surface area contributed by atoms with Crippen molar-refractivity contribution < 1.29 is 9.53 Å².